The van der Waals surface area contributed by atoms with E-state index in [-0.39, 0.29) is 5.91 Å². The van der Waals surface area contributed by atoms with Crippen LogP contribution in [0.15, 0.2) is 36.4 Å². The van der Waals surface area contributed by atoms with Gasteiger partial charge in [-0.05, 0) is 30.2 Å². The molecule has 0 unspecified atom stereocenters. The number of morpholine rings is 1. The number of ether oxygens (including phenoxy) is 3. The Morgan fingerprint density at radius 2 is 1.94 bits per heavy atom. The van der Waals surface area contributed by atoms with Crippen molar-refractivity contribution in [2.24, 2.45) is 0 Å². The summed E-state index contributed by atoms with van der Waals surface area (Å²) in [6.07, 6.45) is 0.895. The van der Waals surface area contributed by atoms with Gasteiger partial charge in [0.15, 0.2) is 16.6 Å². The van der Waals surface area contributed by atoms with Gasteiger partial charge >= 0.3 is 0 Å². The van der Waals surface area contributed by atoms with Crippen LogP contribution in [0.25, 0.3) is 10.2 Å². The Bertz CT molecular complexity index is 1080. The number of hydrogen-bond acceptors (Lipinski definition) is 7. The zero-order chi connectivity index (χ0) is 22.5. The molecule has 1 fully saturated rings. The smallest absolute Gasteiger partial charge is 0.264 e. The van der Waals surface area contributed by atoms with Crippen molar-refractivity contribution in [1.82, 2.24) is 9.88 Å². The molecule has 2 heterocycles. The van der Waals surface area contributed by atoms with Crippen LogP contribution < -0.4 is 14.4 Å². The first kappa shape index (κ1) is 22.5. The lowest BCUT2D eigenvalue weighted by Gasteiger charge is -2.29. The highest BCUT2D eigenvalue weighted by Gasteiger charge is 2.26. The summed E-state index contributed by atoms with van der Waals surface area (Å²) < 4.78 is 17.5. The molecule has 1 aromatic heterocycles. The molecule has 2 aromatic carbocycles. The van der Waals surface area contributed by atoms with Crippen molar-refractivity contribution in [3.05, 3.63) is 47.5 Å². The van der Waals surface area contributed by atoms with Crippen LogP contribution in [0.1, 0.15) is 22.8 Å². The first-order valence-electron chi connectivity index (χ1n) is 10.9. The van der Waals surface area contributed by atoms with E-state index >= 15 is 0 Å². The van der Waals surface area contributed by atoms with Gasteiger partial charge in [-0.25, -0.2) is 4.98 Å². The average molecular weight is 456 g/mol. The number of para-hydroxylation sites is 2. The number of hydrogen-bond donors (Lipinski definition) is 0. The molecule has 3 aromatic rings. The highest BCUT2D eigenvalue weighted by Crippen LogP contribution is 2.35. The third kappa shape index (κ3) is 4.57. The SMILES string of the molecule is CCc1cccc2sc(N(CCN3CCOCC3)C(=O)c3cccc(OC)c3OC)nc12. The summed E-state index contributed by atoms with van der Waals surface area (Å²) in [5.41, 5.74) is 2.62. The molecule has 0 N–H and O–H groups in total. The first-order valence-corrected chi connectivity index (χ1v) is 11.7. The highest BCUT2D eigenvalue weighted by atomic mass is 32.1. The van der Waals surface area contributed by atoms with Gasteiger partial charge in [0, 0.05) is 26.2 Å². The van der Waals surface area contributed by atoms with Crippen LogP contribution in [-0.4, -0.2) is 69.4 Å². The molecule has 0 aliphatic carbocycles. The maximum absolute atomic E-state index is 13.8. The molecule has 0 atom stereocenters. The number of rotatable bonds is 8. The van der Waals surface area contributed by atoms with Gasteiger partial charge in [0.25, 0.3) is 5.91 Å². The molecule has 1 aliphatic heterocycles. The minimum absolute atomic E-state index is 0.147. The average Bonchev–Trinajstić information content (AvgIpc) is 3.28. The molecule has 0 spiro atoms. The summed E-state index contributed by atoms with van der Waals surface area (Å²) in [6.45, 7) is 6.57. The number of aryl methyl sites for hydroxylation is 1. The van der Waals surface area contributed by atoms with Crippen LogP contribution in [-0.2, 0) is 11.2 Å². The maximum Gasteiger partial charge on any atom is 0.264 e. The van der Waals surface area contributed by atoms with E-state index in [9.17, 15) is 4.79 Å². The number of aromatic nitrogens is 1. The fourth-order valence-electron chi connectivity index (χ4n) is 3.95. The van der Waals surface area contributed by atoms with Crippen molar-refractivity contribution in [3.63, 3.8) is 0 Å². The van der Waals surface area contributed by atoms with Gasteiger partial charge in [0.2, 0.25) is 0 Å². The Balaban J connectivity index is 1.71. The Hall–Kier alpha value is -2.68. The molecule has 32 heavy (non-hydrogen) atoms. The van der Waals surface area contributed by atoms with Crippen LogP contribution in [0, 0.1) is 0 Å². The zero-order valence-electron chi connectivity index (χ0n) is 18.8. The highest BCUT2D eigenvalue weighted by molar-refractivity contribution is 7.22. The van der Waals surface area contributed by atoms with Crippen molar-refractivity contribution in [3.8, 4) is 11.5 Å². The van der Waals surface area contributed by atoms with Gasteiger partial charge in [-0.2, -0.15) is 0 Å². The normalized spacial score (nSPS) is 14.5. The Morgan fingerprint density at radius 3 is 2.66 bits per heavy atom. The van der Waals surface area contributed by atoms with Gasteiger partial charge in [-0.15, -0.1) is 0 Å². The number of benzene rings is 2. The Morgan fingerprint density at radius 1 is 1.16 bits per heavy atom. The molecular weight excluding hydrogens is 426 g/mol. The van der Waals surface area contributed by atoms with Crippen molar-refractivity contribution < 1.29 is 19.0 Å². The number of thiazole rings is 1. The summed E-state index contributed by atoms with van der Waals surface area (Å²) >= 11 is 1.55. The lowest BCUT2D eigenvalue weighted by Crippen LogP contribution is -2.43. The molecule has 1 amide bonds. The molecular formula is C24H29N3O4S. The third-order valence-corrected chi connectivity index (χ3v) is 6.77. The number of fused-ring (bicyclic) bond motifs is 1. The van der Waals surface area contributed by atoms with Gasteiger partial charge in [0.1, 0.15) is 0 Å². The summed E-state index contributed by atoms with van der Waals surface area (Å²) in [5, 5.41) is 0.698. The molecule has 0 bridgehead atoms. The molecule has 4 rings (SSSR count). The quantitative estimate of drug-likeness (QED) is 0.514. The summed E-state index contributed by atoms with van der Waals surface area (Å²) in [6, 6.07) is 11.6. The number of anilines is 1. The van der Waals surface area contributed by atoms with E-state index in [2.05, 4.69) is 24.0 Å². The van der Waals surface area contributed by atoms with Crippen molar-refractivity contribution in [1.29, 1.82) is 0 Å². The number of carbonyl (C=O) groups excluding carboxylic acids is 1. The number of nitrogens with zero attached hydrogens (tertiary/aromatic N) is 3. The van der Waals surface area contributed by atoms with Gasteiger partial charge in [0.05, 0.1) is 43.2 Å². The van der Waals surface area contributed by atoms with Crippen LogP contribution in [0.3, 0.4) is 0 Å². The lowest BCUT2D eigenvalue weighted by atomic mass is 10.1. The second-order valence-corrected chi connectivity index (χ2v) is 8.57. The molecule has 170 valence electrons. The first-order chi connectivity index (χ1) is 15.7. The van der Waals surface area contributed by atoms with Gasteiger partial charge in [-0.3, -0.25) is 14.6 Å². The molecule has 7 nitrogen and oxygen atoms in total. The summed E-state index contributed by atoms with van der Waals surface area (Å²) in [4.78, 5) is 22.8. The van der Waals surface area contributed by atoms with Crippen LogP contribution >= 0.6 is 11.3 Å². The lowest BCUT2D eigenvalue weighted by molar-refractivity contribution is 0.0391. The van der Waals surface area contributed by atoms with E-state index in [1.54, 1.807) is 42.6 Å². The van der Waals surface area contributed by atoms with E-state index in [1.165, 1.54) is 5.56 Å². The Kier molecular flexibility index (Phi) is 7.24. The molecule has 1 aliphatic rings. The predicted octanol–water partition coefficient (Wildman–Crippen LogP) is 3.85. The summed E-state index contributed by atoms with van der Waals surface area (Å²) in [7, 11) is 3.13. The molecule has 8 heteroatoms. The topological polar surface area (TPSA) is 64.1 Å². The largest absolute Gasteiger partial charge is 0.493 e. The number of carbonyl (C=O) groups is 1. The van der Waals surface area contributed by atoms with Gasteiger partial charge in [-0.1, -0.05) is 36.5 Å². The second-order valence-electron chi connectivity index (χ2n) is 7.57. The maximum atomic E-state index is 13.8. The van der Waals surface area contributed by atoms with Crippen LogP contribution in [0.2, 0.25) is 0 Å². The van der Waals surface area contributed by atoms with E-state index in [0.29, 0.717) is 28.7 Å². The van der Waals surface area contributed by atoms with Crippen molar-refractivity contribution in [2.75, 3.05) is 58.5 Å². The fourth-order valence-corrected chi connectivity index (χ4v) is 4.98. The summed E-state index contributed by atoms with van der Waals surface area (Å²) in [5.74, 6) is 0.821. The standard InChI is InChI=1S/C24H29N3O4S/c1-4-17-7-5-10-20-21(17)25-24(32-20)27(12-11-26-13-15-31-16-14-26)23(28)18-8-6-9-19(29-2)22(18)30-3/h5-10H,4,11-16H2,1-3H3. The molecule has 1 saturated heterocycles. The molecule has 0 saturated carbocycles. The predicted molar refractivity (Wildman–Crippen MR) is 127 cm³/mol. The monoisotopic (exact) mass is 455 g/mol. The van der Waals surface area contributed by atoms with Crippen molar-refractivity contribution in [2.45, 2.75) is 13.3 Å². The number of methoxy groups -OCH3 is 2. The fraction of sp³-hybridized carbons (Fsp3) is 0.417. The van der Waals surface area contributed by atoms with E-state index in [0.717, 1.165) is 49.5 Å². The zero-order valence-corrected chi connectivity index (χ0v) is 19.6. The van der Waals surface area contributed by atoms with Crippen LogP contribution in [0.4, 0.5) is 5.13 Å². The van der Waals surface area contributed by atoms with E-state index < -0.39 is 0 Å². The number of amides is 1. The van der Waals surface area contributed by atoms with E-state index in [1.807, 2.05) is 12.1 Å². The van der Waals surface area contributed by atoms with Crippen LogP contribution in [0.5, 0.6) is 11.5 Å². The molecule has 0 radical (unpaired) electrons. The minimum Gasteiger partial charge on any atom is -0.493 e. The minimum atomic E-state index is -0.147. The van der Waals surface area contributed by atoms with Crippen molar-refractivity contribution >= 4 is 32.6 Å². The van der Waals surface area contributed by atoms with E-state index in [4.69, 9.17) is 19.2 Å². The second kappa shape index (κ2) is 10.3. The third-order valence-electron chi connectivity index (χ3n) is 5.73. The van der Waals surface area contributed by atoms with Gasteiger partial charge < -0.3 is 14.2 Å². The Labute approximate surface area is 192 Å².